The molecule has 51 heavy (non-hydrogen) atoms. The molecule has 0 bridgehead atoms. The van der Waals surface area contributed by atoms with Gasteiger partial charge < -0.3 is 20.7 Å². The van der Waals surface area contributed by atoms with E-state index >= 15 is 0 Å². The van der Waals surface area contributed by atoms with E-state index < -0.39 is 23.4 Å². The Balaban J connectivity index is 1.24. The van der Waals surface area contributed by atoms with Crippen molar-refractivity contribution < 1.29 is 18.3 Å². The number of anilines is 2. The molecule has 11 nitrogen and oxygen atoms in total. The highest BCUT2D eigenvalue weighted by atomic mass is 35.5. The van der Waals surface area contributed by atoms with Crippen LogP contribution < -0.4 is 31.9 Å². The summed E-state index contributed by atoms with van der Waals surface area (Å²) in [4.78, 5) is 46.4. The molecule has 0 spiro atoms. The Kier molecular flexibility index (Phi) is 9.29. The Bertz CT molecular complexity index is 2350. The number of pyridine rings is 2. The first kappa shape index (κ1) is 34.6. The first-order valence-corrected chi connectivity index (χ1v) is 17.1. The van der Waals surface area contributed by atoms with Crippen molar-refractivity contribution in [2.24, 2.45) is 14.1 Å². The summed E-state index contributed by atoms with van der Waals surface area (Å²) in [6.07, 6.45) is 0.0423. The summed E-state index contributed by atoms with van der Waals surface area (Å²) in [6.45, 7) is 0.656. The van der Waals surface area contributed by atoms with Crippen LogP contribution in [-0.2, 0) is 25.3 Å². The second-order valence-corrected chi connectivity index (χ2v) is 13.4. The van der Waals surface area contributed by atoms with Crippen molar-refractivity contribution in [3.8, 4) is 28.3 Å². The minimum absolute atomic E-state index is 0.000565. The van der Waals surface area contributed by atoms with E-state index in [0.29, 0.717) is 46.3 Å². The molecule has 4 heterocycles. The molecule has 15 heteroatoms. The fourth-order valence-electron chi connectivity index (χ4n) is 6.93. The monoisotopic (exact) mass is 735 g/mol. The molecule has 1 fully saturated rings. The molecule has 2 unspecified atom stereocenters. The van der Waals surface area contributed by atoms with Gasteiger partial charge in [-0.1, -0.05) is 53.5 Å². The van der Waals surface area contributed by atoms with E-state index in [1.165, 1.54) is 14.1 Å². The van der Waals surface area contributed by atoms with Gasteiger partial charge in [-0.15, -0.1) is 0 Å². The zero-order valence-corrected chi connectivity index (χ0v) is 29.3. The molecular weight excluding hydrogens is 703 g/mol. The molecule has 1 aliphatic heterocycles. The fraction of sp³-hybridized carbons (Fsp3) is 0.306. The van der Waals surface area contributed by atoms with Crippen LogP contribution in [0.2, 0.25) is 10.0 Å². The van der Waals surface area contributed by atoms with Gasteiger partial charge >= 0.3 is 5.69 Å². The van der Waals surface area contributed by atoms with Gasteiger partial charge in [0.05, 0.1) is 34.1 Å². The summed E-state index contributed by atoms with van der Waals surface area (Å²) >= 11 is 14.1. The first-order chi connectivity index (χ1) is 24.5. The van der Waals surface area contributed by atoms with Crippen molar-refractivity contribution >= 4 is 51.5 Å². The second kappa shape index (κ2) is 13.7. The average Bonchev–Trinajstić information content (AvgIpc) is 3.74. The number of carbonyl (C=O) groups is 1. The number of benzene rings is 2. The molecule has 3 N–H and O–H groups in total. The van der Waals surface area contributed by atoms with E-state index in [1.54, 1.807) is 31.4 Å². The summed E-state index contributed by atoms with van der Waals surface area (Å²) < 4.78 is 35.6. The zero-order valence-electron chi connectivity index (χ0n) is 27.8. The van der Waals surface area contributed by atoms with Crippen molar-refractivity contribution in [3.63, 3.8) is 0 Å². The quantitative estimate of drug-likeness (QED) is 0.163. The number of aromatic nitrogens is 4. The van der Waals surface area contributed by atoms with E-state index in [-0.39, 0.29) is 45.4 Å². The third kappa shape index (κ3) is 6.23. The predicted octanol–water partition coefficient (Wildman–Crippen LogP) is 6.21. The highest BCUT2D eigenvalue weighted by molar-refractivity contribution is 6.39. The average molecular weight is 737 g/mol. The number of hydrogen-bond donors (Lipinski definition) is 3. The van der Waals surface area contributed by atoms with Crippen molar-refractivity contribution in [3.05, 3.63) is 96.2 Å². The number of halogens is 4. The number of nitrogens with one attached hydrogen (secondary N) is 3. The largest absolute Gasteiger partial charge is 0.481 e. The number of ether oxygens (including phenoxy) is 1. The minimum Gasteiger partial charge on any atom is -0.481 e. The number of hydrogen-bond acceptors (Lipinski definition) is 8. The van der Waals surface area contributed by atoms with Crippen LogP contribution in [0.4, 0.5) is 20.3 Å². The maximum absolute atomic E-state index is 13.9. The van der Waals surface area contributed by atoms with Crippen molar-refractivity contribution in [2.75, 3.05) is 19.0 Å². The van der Waals surface area contributed by atoms with Gasteiger partial charge in [-0.2, -0.15) is 0 Å². The normalized spacial score (nSPS) is 16.9. The molecule has 2 aromatic carbocycles. The Labute approximate surface area is 300 Å². The van der Waals surface area contributed by atoms with Gasteiger partial charge in [0.25, 0.3) is 12.0 Å². The molecule has 2 atom stereocenters. The SMILES string of the molecule is COc1nc(-c2cccc(-c3cccc(Nc4nc(C(F)F)cc5c4c(=O)n(C)c(=O)n5C)c3Cl)c2Cl)cc2c1C(NCC1CCC(=O)N1)CC2. The van der Waals surface area contributed by atoms with Gasteiger partial charge in [0.15, 0.2) is 0 Å². The molecule has 0 saturated carbocycles. The Hall–Kier alpha value is -4.85. The highest BCUT2D eigenvalue weighted by Crippen LogP contribution is 2.44. The lowest BCUT2D eigenvalue weighted by Crippen LogP contribution is -2.37. The summed E-state index contributed by atoms with van der Waals surface area (Å²) in [5, 5.41) is 10.1. The van der Waals surface area contributed by atoms with E-state index in [1.807, 2.05) is 18.2 Å². The van der Waals surface area contributed by atoms with Crippen LogP contribution in [0.3, 0.4) is 0 Å². The predicted molar refractivity (Wildman–Crippen MR) is 192 cm³/mol. The van der Waals surface area contributed by atoms with E-state index in [2.05, 4.69) is 20.9 Å². The zero-order chi connectivity index (χ0) is 36.1. The number of methoxy groups -OCH3 is 1. The summed E-state index contributed by atoms with van der Waals surface area (Å²) in [7, 11) is 4.28. The number of rotatable bonds is 9. The topological polar surface area (TPSA) is 132 Å². The van der Waals surface area contributed by atoms with E-state index in [9.17, 15) is 23.2 Å². The van der Waals surface area contributed by atoms with Crippen molar-refractivity contribution in [1.82, 2.24) is 29.7 Å². The third-order valence-corrected chi connectivity index (χ3v) is 10.4. The lowest BCUT2D eigenvalue weighted by molar-refractivity contribution is -0.119. The number of fused-ring (bicyclic) bond motifs is 2. The van der Waals surface area contributed by atoms with E-state index in [0.717, 1.165) is 45.6 Å². The van der Waals surface area contributed by atoms with Crippen molar-refractivity contribution in [2.45, 2.75) is 44.2 Å². The smallest absolute Gasteiger partial charge is 0.330 e. The summed E-state index contributed by atoms with van der Waals surface area (Å²) in [6, 6.07) is 13.8. The highest BCUT2D eigenvalue weighted by Gasteiger charge is 2.30. The van der Waals surface area contributed by atoms with E-state index in [4.69, 9.17) is 32.9 Å². The molecule has 2 aliphatic rings. The van der Waals surface area contributed by atoms with Crippen LogP contribution >= 0.6 is 23.2 Å². The maximum atomic E-state index is 13.9. The summed E-state index contributed by atoms with van der Waals surface area (Å²) in [5.74, 6) is 0.397. The van der Waals surface area contributed by atoms with Gasteiger partial charge in [-0.3, -0.25) is 18.7 Å². The van der Waals surface area contributed by atoms with Gasteiger partial charge in [-0.05, 0) is 43.0 Å². The maximum Gasteiger partial charge on any atom is 0.330 e. The van der Waals surface area contributed by atoms with Gasteiger partial charge in [0.1, 0.15) is 16.9 Å². The van der Waals surface area contributed by atoms with Crippen molar-refractivity contribution in [1.29, 1.82) is 0 Å². The van der Waals surface area contributed by atoms with Gasteiger partial charge in [-0.25, -0.2) is 23.5 Å². The molecule has 3 aromatic heterocycles. The first-order valence-electron chi connectivity index (χ1n) is 16.3. The molecular formula is C36H33Cl2F2N7O4. The fourth-order valence-corrected chi connectivity index (χ4v) is 7.53. The number of carbonyl (C=O) groups excluding carboxylic acids is 1. The molecule has 5 aromatic rings. The van der Waals surface area contributed by atoms with Gasteiger partial charge in [0, 0.05) is 61.4 Å². The molecule has 0 radical (unpaired) electrons. The Morgan fingerprint density at radius 1 is 0.961 bits per heavy atom. The summed E-state index contributed by atoms with van der Waals surface area (Å²) in [5.41, 5.74) is 2.76. The molecule has 7 rings (SSSR count). The molecule has 264 valence electrons. The number of alkyl halides is 2. The standard InChI is InChI=1S/C36H33Cl2F2N7O4/c1-46-26-15-25(32(39)40)44-33(29(26)35(49)47(2)36(46)50)43-23-9-5-7-20(31(23)38)19-6-4-8-21(30(19)37)24-14-17-10-12-22(28(17)34(45-24)51-3)41-16-18-11-13-27(48)42-18/h4-9,14-15,18,22,32,41H,10-13,16H2,1-3H3,(H,42,48)(H,43,44). The molecule has 1 aliphatic carbocycles. The van der Waals surface area contributed by atoms with Crippen LogP contribution in [-0.4, -0.2) is 44.7 Å². The lowest BCUT2D eigenvalue weighted by Gasteiger charge is -2.20. The molecule has 1 amide bonds. The number of nitrogens with zero attached hydrogens (tertiary/aromatic N) is 4. The second-order valence-electron chi connectivity index (χ2n) is 12.6. The molecule has 1 saturated heterocycles. The van der Waals surface area contributed by atoms with Gasteiger partial charge in [0.2, 0.25) is 11.8 Å². The number of aryl methyl sites for hydroxylation is 2. The van der Waals surface area contributed by atoms with Crippen LogP contribution in [0.25, 0.3) is 33.3 Å². The lowest BCUT2D eigenvalue weighted by atomic mass is 9.99. The Morgan fingerprint density at radius 2 is 1.69 bits per heavy atom. The number of amides is 1. The van der Waals surface area contributed by atoms with Crippen LogP contribution in [0.5, 0.6) is 5.88 Å². The van der Waals surface area contributed by atoms with Crippen LogP contribution in [0.15, 0.2) is 58.1 Å². The Morgan fingerprint density at radius 3 is 2.39 bits per heavy atom. The third-order valence-electron chi connectivity index (χ3n) is 9.56. The van der Waals surface area contributed by atoms with Crippen LogP contribution in [0.1, 0.15) is 48.6 Å². The van der Waals surface area contributed by atoms with Crippen LogP contribution in [0, 0.1) is 0 Å². The minimum atomic E-state index is -2.97.